The predicted molar refractivity (Wildman–Crippen MR) is 99.6 cm³/mol. The molecule has 0 fully saturated rings. The topological polar surface area (TPSA) is 84.5 Å². The molecule has 0 aliphatic carbocycles. The first-order valence-electron chi connectivity index (χ1n) is 8.17. The number of rotatable bonds is 9. The van der Waals surface area contributed by atoms with Gasteiger partial charge in [-0.15, -0.1) is 6.42 Å². The van der Waals surface area contributed by atoms with Crippen LogP contribution in [0.25, 0.3) is 0 Å². The standard InChI is InChI=1S/C19H18F2N2O4S/c1-2-11-23-28(25,26)17-5-3-4-15(13-17)18(24)22-12-10-14-6-8-16(9-7-14)27-19(20)21/h1,3-9,13,19,23H,10-12H2,(H,22,24). The largest absolute Gasteiger partial charge is 0.435 e. The van der Waals surface area contributed by atoms with Crippen molar-refractivity contribution in [2.45, 2.75) is 17.9 Å². The molecule has 0 spiro atoms. The Labute approximate surface area is 162 Å². The fourth-order valence-electron chi connectivity index (χ4n) is 2.28. The minimum atomic E-state index is -3.79. The monoisotopic (exact) mass is 408 g/mol. The van der Waals surface area contributed by atoms with E-state index in [4.69, 9.17) is 6.42 Å². The number of carbonyl (C=O) groups is 1. The van der Waals surface area contributed by atoms with Crippen molar-refractivity contribution in [2.24, 2.45) is 0 Å². The number of ether oxygens (including phenoxy) is 1. The number of hydrogen-bond acceptors (Lipinski definition) is 4. The van der Waals surface area contributed by atoms with E-state index >= 15 is 0 Å². The average Bonchev–Trinajstić information content (AvgIpc) is 2.67. The molecule has 2 aromatic rings. The highest BCUT2D eigenvalue weighted by Crippen LogP contribution is 2.15. The molecule has 9 heteroatoms. The lowest BCUT2D eigenvalue weighted by Crippen LogP contribution is -2.27. The highest BCUT2D eigenvalue weighted by molar-refractivity contribution is 7.89. The van der Waals surface area contributed by atoms with Crippen LogP contribution in [0.4, 0.5) is 8.78 Å². The van der Waals surface area contributed by atoms with Gasteiger partial charge in [0.05, 0.1) is 11.4 Å². The van der Waals surface area contributed by atoms with Crippen LogP contribution < -0.4 is 14.8 Å². The average molecular weight is 408 g/mol. The summed E-state index contributed by atoms with van der Waals surface area (Å²) in [6, 6.07) is 11.6. The van der Waals surface area contributed by atoms with E-state index in [1.165, 1.54) is 36.4 Å². The number of nitrogens with one attached hydrogen (secondary N) is 2. The maximum atomic E-state index is 12.2. The molecule has 0 atom stereocenters. The zero-order valence-corrected chi connectivity index (χ0v) is 15.5. The number of hydrogen-bond donors (Lipinski definition) is 2. The van der Waals surface area contributed by atoms with E-state index < -0.39 is 22.5 Å². The summed E-state index contributed by atoms with van der Waals surface area (Å²) in [5, 5.41) is 2.68. The Bertz CT molecular complexity index is 955. The molecule has 0 aromatic heterocycles. The van der Waals surface area contributed by atoms with Crippen molar-refractivity contribution in [1.29, 1.82) is 0 Å². The summed E-state index contributed by atoms with van der Waals surface area (Å²) in [6.07, 6.45) is 5.50. The third-order valence-corrected chi connectivity index (χ3v) is 5.02. The Kier molecular flexibility index (Phi) is 7.49. The molecule has 6 nitrogen and oxygen atoms in total. The van der Waals surface area contributed by atoms with Crippen LogP contribution in [-0.2, 0) is 16.4 Å². The molecule has 0 radical (unpaired) electrons. The lowest BCUT2D eigenvalue weighted by molar-refractivity contribution is -0.0498. The molecule has 148 valence electrons. The zero-order valence-electron chi connectivity index (χ0n) is 14.7. The second kappa shape index (κ2) is 9.82. The highest BCUT2D eigenvalue weighted by Gasteiger charge is 2.15. The van der Waals surface area contributed by atoms with Crippen molar-refractivity contribution in [2.75, 3.05) is 13.1 Å². The van der Waals surface area contributed by atoms with Gasteiger partial charge >= 0.3 is 6.61 Å². The molecular weight excluding hydrogens is 390 g/mol. The fraction of sp³-hybridized carbons (Fsp3) is 0.211. The third-order valence-electron chi connectivity index (χ3n) is 3.62. The Hall–Kier alpha value is -2.96. The molecule has 28 heavy (non-hydrogen) atoms. The number of carbonyl (C=O) groups excluding carboxylic acids is 1. The van der Waals surface area contributed by atoms with Crippen LogP contribution in [0.15, 0.2) is 53.4 Å². The van der Waals surface area contributed by atoms with Crippen molar-refractivity contribution in [3.05, 3.63) is 59.7 Å². The van der Waals surface area contributed by atoms with Crippen molar-refractivity contribution in [3.8, 4) is 18.1 Å². The van der Waals surface area contributed by atoms with E-state index in [1.54, 1.807) is 12.1 Å². The lowest BCUT2D eigenvalue weighted by atomic mass is 10.1. The van der Waals surface area contributed by atoms with Gasteiger partial charge in [0, 0.05) is 12.1 Å². The molecule has 0 saturated heterocycles. The molecule has 0 heterocycles. The van der Waals surface area contributed by atoms with E-state index in [1.807, 2.05) is 0 Å². The molecule has 0 aliphatic heterocycles. The fourth-order valence-corrected chi connectivity index (χ4v) is 3.26. The van der Waals surface area contributed by atoms with Gasteiger partial charge in [0.2, 0.25) is 10.0 Å². The van der Waals surface area contributed by atoms with Gasteiger partial charge in [-0.2, -0.15) is 13.5 Å². The second-order valence-corrected chi connectivity index (χ2v) is 7.35. The van der Waals surface area contributed by atoms with E-state index in [0.717, 1.165) is 5.56 Å². The van der Waals surface area contributed by atoms with Crippen LogP contribution in [0, 0.1) is 12.3 Å². The number of sulfonamides is 1. The maximum Gasteiger partial charge on any atom is 0.387 e. The van der Waals surface area contributed by atoms with Crippen LogP contribution >= 0.6 is 0 Å². The van der Waals surface area contributed by atoms with Crippen LogP contribution in [0.2, 0.25) is 0 Å². The molecular formula is C19H18F2N2O4S. The SMILES string of the molecule is C#CCNS(=O)(=O)c1cccc(C(=O)NCCc2ccc(OC(F)F)cc2)c1. The minimum Gasteiger partial charge on any atom is -0.435 e. The summed E-state index contributed by atoms with van der Waals surface area (Å²) < 4.78 is 54.8. The quantitative estimate of drug-likeness (QED) is 0.623. The van der Waals surface area contributed by atoms with Gasteiger partial charge in [-0.05, 0) is 42.3 Å². The van der Waals surface area contributed by atoms with E-state index in [0.29, 0.717) is 6.42 Å². The van der Waals surface area contributed by atoms with Gasteiger partial charge in [-0.1, -0.05) is 24.1 Å². The summed E-state index contributed by atoms with van der Waals surface area (Å²) >= 11 is 0. The van der Waals surface area contributed by atoms with E-state index in [-0.39, 0.29) is 29.3 Å². The third kappa shape index (κ3) is 6.33. The molecule has 0 bridgehead atoms. The molecule has 0 unspecified atom stereocenters. The highest BCUT2D eigenvalue weighted by atomic mass is 32.2. The van der Waals surface area contributed by atoms with Crippen LogP contribution in [0.1, 0.15) is 15.9 Å². The minimum absolute atomic E-state index is 0.0549. The summed E-state index contributed by atoms with van der Waals surface area (Å²) in [7, 11) is -3.79. The van der Waals surface area contributed by atoms with Gasteiger partial charge < -0.3 is 10.1 Å². The van der Waals surface area contributed by atoms with Crippen molar-refractivity contribution in [1.82, 2.24) is 10.0 Å². The second-order valence-electron chi connectivity index (χ2n) is 5.58. The number of amides is 1. The van der Waals surface area contributed by atoms with Crippen molar-refractivity contribution in [3.63, 3.8) is 0 Å². The Morgan fingerprint density at radius 3 is 2.54 bits per heavy atom. The van der Waals surface area contributed by atoms with Gasteiger partial charge in [-0.25, -0.2) is 8.42 Å². The molecule has 0 saturated carbocycles. The van der Waals surface area contributed by atoms with Gasteiger partial charge in [0.1, 0.15) is 5.75 Å². The number of benzene rings is 2. The van der Waals surface area contributed by atoms with Crippen LogP contribution in [0.5, 0.6) is 5.75 Å². The van der Waals surface area contributed by atoms with Crippen LogP contribution in [0.3, 0.4) is 0 Å². The summed E-state index contributed by atoms with van der Waals surface area (Å²) in [6.45, 7) is -2.76. The molecule has 1 amide bonds. The molecule has 2 N–H and O–H groups in total. The Balaban J connectivity index is 1.93. The molecule has 0 aliphatic rings. The predicted octanol–water partition coefficient (Wildman–Crippen LogP) is 2.17. The van der Waals surface area contributed by atoms with Gasteiger partial charge in [-0.3, -0.25) is 4.79 Å². The number of alkyl halides is 2. The first-order valence-corrected chi connectivity index (χ1v) is 9.65. The van der Waals surface area contributed by atoms with Crippen molar-refractivity contribution >= 4 is 15.9 Å². The summed E-state index contributed by atoms with van der Waals surface area (Å²) in [5.74, 6) is 1.79. The van der Waals surface area contributed by atoms with Gasteiger partial charge in [0.15, 0.2) is 0 Å². The van der Waals surface area contributed by atoms with E-state index in [9.17, 15) is 22.0 Å². The number of halogens is 2. The Morgan fingerprint density at radius 2 is 1.89 bits per heavy atom. The smallest absolute Gasteiger partial charge is 0.387 e. The first kappa shape index (κ1) is 21.3. The zero-order chi connectivity index (χ0) is 20.6. The lowest BCUT2D eigenvalue weighted by Gasteiger charge is -2.09. The Morgan fingerprint density at radius 1 is 1.18 bits per heavy atom. The van der Waals surface area contributed by atoms with Gasteiger partial charge in [0.25, 0.3) is 5.91 Å². The normalized spacial score (nSPS) is 11.1. The van der Waals surface area contributed by atoms with Crippen molar-refractivity contribution < 1.29 is 26.7 Å². The van der Waals surface area contributed by atoms with E-state index in [2.05, 4.69) is 20.7 Å². The summed E-state index contributed by atoms with van der Waals surface area (Å²) in [5.41, 5.74) is 1.00. The molecule has 2 aromatic carbocycles. The first-order chi connectivity index (χ1) is 13.3. The van der Waals surface area contributed by atoms with Crippen LogP contribution in [-0.4, -0.2) is 34.0 Å². The number of terminal acetylenes is 1. The molecule has 2 rings (SSSR count). The summed E-state index contributed by atoms with van der Waals surface area (Å²) in [4.78, 5) is 12.2. The maximum absolute atomic E-state index is 12.2.